The van der Waals surface area contributed by atoms with Gasteiger partial charge in [0.05, 0.1) is 6.10 Å². The fourth-order valence-electron chi connectivity index (χ4n) is 3.64. The van der Waals surface area contributed by atoms with Crippen LogP contribution in [0.25, 0.3) is 0 Å². The zero-order valence-corrected chi connectivity index (χ0v) is 13.5. The van der Waals surface area contributed by atoms with Crippen molar-refractivity contribution in [1.29, 1.82) is 0 Å². The Bertz CT molecular complexity index is 486. The summed E-state index contributed by atoms with van der Waals surface area (Å²) in [5.41, 5.74) is 8.00. The van der Waals surface area contributed by atoms with Gasteiger partial charge < -0.3 is 10.8 Å². The highest BCUT2D eigenvalue weighted by Crippen LogP contribution is 2.48. The van der Waals surface area contributed by atoms with Crippen molar-refractivity contribution >= 4 is 11.6 Å². The van der Waals surface area contributed by atoms with E-state index >= 15 is 0 Å². The smallest absolute Gasteiger partial charge is 0.0662 e. The van der Waals surface area contributed by atoms with Gasteiger partial charge in [0.2, 0.25) is 0 Å². The third-order valence-electron chi connectivity index (χ3n) is 4.97. The molecule has 0 radical (unpaired) electrons. The fraction of sp³-hybridized carbons (Fsp3) is 0.647. The molecule has 3 heteroatoms. The zero-order valence-electron chi connectivity index (χ0n) is 12.7. The quantitative estimate of drug-likeness (QED) is 0.893. The molecule has 1 aromatic carbocycles. The number of halogens is 1. The predicted octanol–water partition coefficient (Wildman–Crippen LogP) is 3.71. The molecule has 2 atom stereocenters. The number of hydrogen-bond donors (Lipinski definition) is 2. The SMILES string of the molecule is Cc1ccc(CC2(CN)CCCC(C)(C)C2O)c(Cl)c1. The van der Waals surface area contributed by atoms with Gasteiger partial charge in [-0.2, -0.15) is 0 Å². The van der Waals surface area contributed by atoms with E-state index in [0.29, 0.717) is 6.54 Å². The minimum Gasteiger partial charge on any atom is -0.392 e. The van der Waals surface area contributed by atoms with Gasteiger partial charge in [0.25, 0.3) is 0 Å². The normalized spacial score (nSPS) is 29.4. The molecule has 20 heavy (non-hydrogen) atoms. The second-order valence-corrected chi connectivity index (χ2v) is 7.49. The van der Waals surface area contributed by atoms with E-state index < -0.39 is 0 Å². The third-order valence-corrected chi connectivity index (χ3v) is 5.33. The minimum absolute atomic E-state index is 0.0746. The summed E-state index contributed by atoms with van der Waals surface area (Å²) in [4.78, 5) is 0. The van der Waals surface area contributed by atoms with Crippen molar-refractivity contribution in [2.75, 3.05) is 6.54 Å². The van der Waals surface area contributed by atoms with Crippen molar-refractivity contribution in [1.82, 2.24) is 0 Å². The Labute approximate surface area is 127 Å². The van der Waals surface area contributed by atoms with Crippen molar-refractivity contribution in [3.05, 3.63) is 34.3 Å². The largest absolute Gasteiger partial charge is 0.392 e. The summed E-state index contributed by atoms with van der Waals surface area (Å²) in [7, 11) is 0. The third kappa shape index (κ3) is 2.88. The molecule has 0 aliphatic heterocycles. The number of aliphatic hydroxyl groups excluding tert-OH is 1. The number of hydrogen-bond acceptors (Lipinski definition) is 2. The van der Waals surface area contributed by atoms with Crippen molar-refractivity contribution in [2.45, 2.75) is 52.6 Å². The maximum atomic E-state index is 10.8. The molecule has 0 amide bonds. The summed E-state index contributed by atoms with van der Waals surface area (Å²) >= 11 is 6.36. The molecule has 112 valence electrons. The Morgan fingerprint density at radius 3 is 2.65 bits per heavy atom. The van der Waals surface area contributed by atoms with Crippen molar-refractivity contribution < 1.29 is 5.11 Å². The molecule has 3 N–H and O–H groups in total. The highest BCUT2D eigenvalue weighted by atomic mass is 35.5. The van der Waals surface area contributed by atoms with Gasteiger partial charge in [-0.15, -0.1) is 0 Å². The average Bonchev–Trinajstić information content (AvgIpc) is 2.38. The first-order chi connectivity index (χ1) is 9.31. The first-order valence-electron chi connectivity index (χ1n) is 7.44. The van der Waals surface area contributed by atoms with E-state index in [9.17, 15) is 5.11 Å². The van der Waals surface area contributed by atoms with Crippen LogP contribution in [0.5, 0.6) is 0 Å². The predicted molar refractivity (Wildman–Crippen MR) is 85.0 cm³/mol. The van der Waals surface area contributed by atoms with Crippen LogP contribution in [-0.2, 0) is 6.42 Å². The Hall–Kier alpha value is -0.570. The second kappa shape index (κ2) is 5.67. The standard InChI is InChI=1S/C17H26ClNO/c1-12-5-6-13(14(18)9-12)10-17(11-19)8-4-7-16(2,3)15(17)20/h5-6,9,15,20H,4,7-8,10-11,19H2,1-3H3. The van der Waals surface area contributed by atoms with E-state index in [-0.39, 0.29) is 16.9 Å². The van der Waals surface area contributed by atoms with Gasteiger partial charge in [0.15, 0.2) is 0 Å². The number of benzene rings is 1. The van der Waals surface area contributed by atoms with E-state index in [1.165, 1.54) is 0 Å². The van der Waals surface area contributed by atoms with Gasteiger partial charge in [-0.1, -0.05) is 44.0 Å². The first kappa shape index (κ1) is 15.8. The molecule has 2 unspecified atom stereocenters. The Morgan fingerprint density at radius 2 is 2.05 bits per heavy atom. The first-order valence-corrected chi connectivity index (χ1v) is 7.82. The lowest BCUT2D eigenvalue weighted by molar-refractivity contribution is -0.0884. The molecule has 0 bridgehead atoms. The van der Waals surface area contributed by atoms with E-state index in [1.54, 1.807) is 0 Å². The van der Waals surface area contributed by atoms with E-state index in [2.05, 4.69) is 26.0 Å². The van der Waals surface area contributed by atoms with Crippen LogP contribution in [0.2, 0.25) is 5.02 Å². The number of aliphatic hydroxyl groups is 1. The molecule has 1 aromatic rings. The summed E-state index contributed by atoms with van der Waals surface area (Å²) in [5.74, 6) is 0. The lowest BCUT2D eigenvalue weighted by Crippen LogP contribution is -2.53. The van der Waals surface area contributed by atoms with Gasteiger partial charge >= 0.3 is 0 Å². The molecule has 2 rings (SSSR count). The molecule has 1 aliphatic carbocycles. The van der Waals surface area contributed by atoms with Crippen LogP contribution in [-0.4, -0.2) is 17.8 Å². The molecule has 0 saturated heterocycles. The van der Waals surface area contributed by atoms with Crippen LogP contribution < -0.4 is 5.73 Å². The summed E-state index contributed by atoms with van der Waals surface area (Å²) in [6.45, 7) is 6.81. The molecule has 0 heterocycles. The highest BCUT2D eigenvalue weighted by Gasteiger charge is 2.47. The lowest BCUT2D eigenvalue weighted by Gasteiger charge is -2.49. The molecule has 0 aromatic heterocycles. The Morgan fingerprint density at radius 1 is 1.35 bits per heavy atom. The lowest BCUT2D eigenvalue weighted by atomic mass is 9.59. The van der Waals surface area contributed by atoms with Crippen molar-refractivity contribution in [3.63, 3.8) is 0 Å². The summed E-state index contributed by atoms with van der Waals surface area (Å²) in [5, 5.41) is 11.6. The zero-order chi connectivity index (χ0) is 15.0. The van der Waals surface area contributed by atoms with Gasteiger partial charge in [0.1, 0.15) is 0 Å². The van der Waals surface area contributed by atoms with Gasteiger partial charge in [-0.05, 0) is 48.8 Å². The average molecular weight is 296 g/mol. The maximum absolute atomic E-state index is 10.8. The molecular formula is C17H26ClNO. The van der Waals surface area contributed by atoms with Gasteiger partial charge in [0, 0.05) is 17.0 Å². The van der Waals surface area contributed by atoms with Crippen LogP contribution in [0.4, 0.5) is 0 Å². The van der Waals surface area contributed by atoms with E-state index in [4.69, 9.17) is 17.3 Å². The molecule has 1 saturated carbocycles. The Kier molecular flexibility index (Phi) is 4.48. The van der Waals surface area contributed by atoms with Gasteiger partial charge in [-0.3, -0.25) is 0 Å². The fourth-order valence-corrected chi connectivity index (χ4v) is 3.95. The van der Waals surface area contributed by atoms with Crippen molar-refractivity contribution in [3.8, 4) is 0 Å². The second-order valence-electron chi connectivity index (χ2n) is 7.08. The van der Waals surface area contributed by atoms with Crippen LogP contribution >= 0.6 is 11.6 Å². The Balaban J connectivity index is 2.32. The number of nitrogens with two attached hydrogens (primary N) is 1. The van der Waals surface area contributed by atoms with Crippen LogP contribution in [0.15, 0.2) is 18.2 Å². The monoisotopic (exact) mass is 295 g/mol. The van der Waals surface area contributed by atoms with E-state index in [0.717, 1.165) is 41.8 Å². The van der Waals surface area contributed by atoms with Crippen LogP contribution in [0.1, 0.15) is 44.2 Å². The molecule has 1 aliphatic rings. The van der Waals surface area contributed by atoms with Crippen molar-refractivity contribution in [2.24, 2.45) is 16.6 Å². The molecular weight excluding hydrogens is 270 g/mol. The molecule has 1 fully saturated rings. The minimum atomic E-state index is -0.383. The van der Waals surface area contributed by atoms with E-state index in [1.807, 2.05) is 13.0 Å². The summed E-state index contributed by atoms with van der Waals surface area (Å²) in [6.07, 6.45) is 3.51. The van der Waals surface area contributed by atoms with Crippen LogP contribution in [0, 0.1) is 17.8 Å². The molecule has 0 spiro atoms. The van der Waals surface area contributed by atoms with Gasteiger partial charge in [-0.25, -0.2) is 0 Å². The number of rotatable bonds is 3. The topological polar surface area (TPSA) is 46.2 Å². The summed E-state index contributed by atoms with van der Waals surface area (Å²) < 4.78 is 0. The maximum Gasteiger partial charge on any atom is 0.0662 e. The summed E-state index contributed by atoms with van der Waals surface area (Å²) in [6, 6.07) is 6.14. The number of aryl methyl sites for hydroxylation is 1. The van der Waals surface area contributed by atoms with Crippen LogP contribution in [0.3, 0.4) is 0 Å². The molecule has 2 nitrogen and oxygen atoms in total. The highest BCUT2D eigenvalue weighted by molar-refractivity contribution is 6.31.